The Bertz CT molecular complexity index is 602. The van der Waals surface area contributed by atoms with Gasteiger partial charge in [0.2, 0.25) is 11.8 Å². The molecule has 0 aliphatic carbocycles. The fourth-order valence-corrected chi connectivity index (χ4v) is 3.55. The lowest BCUT2D eigenvalue weighted by Gasteiger charge is -2.41. The highest BCUT2D eigenvalue weighted by atomic mass is 16.5. The summed E-state index contributed by atoms with van der Waals surface area (Å²) in [6.45, 7) is 6.13. The maximum atomic E-state index is 13.0. The van der Waals surface area contributed by atoms with Crippen molar-refractivity contribution in [1.82, 2.24) is 9.80 Å². The predicted octanol–water partition coefficient (Wildman–Crippen LogP) is 2.49. The highest BCUT2D eigenvalue weighted by Gasteiger charge is 2.40. The second kappa shape index (κ2) is 9.57. The third-order valence-electron chi connectivity index (χ3n) is 4.90. The smallest absolute Gasteiger partial charge is 0.227 e. The molecule has 0 bridgehead atoms. The zero-order valence-corrected chi connectivity index (χ0v) is 16.2. The SMILES string of the molecule is CCOc1ccc([C@H]2[C@H](C(=O)N(C)CCOC)CCC(=O)N2CC)cc1. The van der Waals surface area contributed by atoms with Crippen molar-refractivity contribution >= 4 is 11.8 Å². The van der Waals surface area contributed by atoms with E-state index in [-0.39, 0.29) is 23.8 Å². The molecule has 1 saturated heterocycles. The monoisotopic (exact) mass is 362 g/mol. The van der Waals surface area contributed by atoms with Crippen LogP contribution in [-0.4, -0.2) is 62.1 Å². The number of ether oxygens (including phenoxy) is 2. The number of carbonyl (C=O) groups excluding carboxylic acids is 2. The van der Waals surface area contributed by atoms with E-state index in [1.807, 2.05) is 43.0 Å². The van der Waals surface area contributed by atoms with Crippen LogP contribution in [0.25, 0.3) is 0 Å². The van der Waals surface area contributed by atoms with Crippen LogP contribution in [0.5, 0.6) is 5.75 Å². The van der Waals surface area contributed by atoms with Gasteiger partial charge in [0.25, 0.3) is 0 Å². The van der Waals surface area contributed by atoms with Crippen LogP contribution in [0.4, 0.5) is 0 Å². The minimum atomic E-state index is -0.243. The highest BCUT2D eigenvalue weighted by molar-refractivity contribution is 5.85. The number of piperidine rings is 1. The van der Waals surface area contributed by atoms with Gasteiger partial charge in [-0.3, -0.25) is 9.59 Å². The van der Waals surface area contributed by atoms with Crippen LogP contribution in [0.2, 0.25) is 0 Å². The molecule has 1 aromatic carbocycles. The minimum Gasteiger partial charge on any atom is -0.494 e. The molecule has 0 N–H and O–H groups in total. The molecule has 6 heteroatoms. The second-order valence-corrected chi connectivity index (χ2v) is 6.52. The van der Waals surface area contributed by atoms with Crippen molar-refractivity contribution in [3.05, 3.63) is 29.8 Å². The summed E-state index contributed by atoms with van der Waals surface area (Å²) in [5, 5.41) is 0. The number of benzene rings is 1. The molecule has 1 fully saturated rings. The molecular weight excluding hydrogens is 332 g/mol. The minimum absolute atomic E-state index is 0.0619. The van der Waals surface area contributed by atoms with Gasteiger partial charge >= 0.3 is 0 Å². The topological polar surface area (TPSA) is 59.1 Å². The number of likely N-dealkylation sites (tertiary alicyclic amines) is 1. The Labute approximate surface area is 156 Å². The zero-order chi connectivity index (χ0) is 19.1. The normalized spacial score (nSPS) is 20.2. The Kier molecular flexibility index (Phi) is 7.45. The lowest BCUT2D eigenvalue weighted by atomic mass is 9.83. The molecule has 1 aromatic rings. The Morgan fingerprint density at radius 2 is 1.96 bits per heavy atom. The molecule has 1 aliphatic heterocycles. The number of methoxy groups -OCH3 is 1. The number of hydrogen-bond acceptors (Lipinski definition) is 4. The van der Waals surface area contributed by atoms with Gasteiger partial charge in [-0.1, -0.05) is 12.1 Å². The van der Waals surface area contributed by atoms with E-state index in [2.05, 4.69) is 0 Å². The van der Waals surface area contributed by atoms with Crippen molar-refractivity contribution < 1.29 is 19.1 Å². The van der Waals surface area contributed by atoms with Crippen LogP contribution in [-0.2, 0) is 14.3 Å². The molecule has 144 valence electrons. The maximum absolute atomic E-state index is 13.0. The highest BCUT2D eigenvalue weighted by Crippen LogP contribution is 2.38. The van der Waals surface area contributed by atoms with Gasteiger partial charge in [-0.2, -0.15) is 0 Å². The lowest BCUT2D eigenvalue weighted by molar-refractivity contribution is -0.147. The van der Waals surface area contributed by atoms with Crippen LogP contribution in [0.3, 0.4) is 0 Å². The predicted molar refractivity (Wildman–Crippen MR) is 100.0 cm³/mol. The van der Waals surface area contributed by atoms with E-state index < -0.39 is 0 Å². The van der Waals surface area contributed by atoms with E-state index in [4.69, 9.17) is 9.47 Å². The molecule has 2 amide bonds. The quantitative estimate of drug-likeness (QED) is 0.713. The van der Waals surface area contributed by atoms with E-state index in [1.54, 1.807) is 19.1 Å². The van der Waals surface area contributed by atoms with Crippen LogP contribution in [0.15, 0.2) is 24.3 Å². The molecule has 1 aliphatic rings. The van der Waals surface area contributed by atoms with Crippen LogP contribution in [0, 0.1) is 5.92 Å². The van der Waals surface area contributed by atoms with Gasteiger partial charge in [-0.15, -0.1) is 0 Å². The fraction of sp³-hybridized carbons (Fsp3) is 0.600. The summed E-state index contributed by atoms with van der Waals surface area (Å²) in [5.41, 5.74) is 0.974. The lowest BCUT2D eigenvalue weighted by Crippen LogP contribution is -2.48. The zero-order valence-electron chi connectivity index (χ0n) is 16.2. The van der Waals surface area contributed by atoms with Crippen molar-refractivity contribution in [2.45, 2.75) is 32.7 Å². The summed E-state index contributed by atoms with van der Waals surface area (Å²) in [6.07, 6.45) is 0.985. The first-order valence-electron chi connectivity index (χ1n) is 9.29. The molecule has 2 rings (SSSR count). The Balaban J connectivity index is 2.29. The number of carbonyl (C=O) groups is 2. The molecule has 0 unspecified atom stereocenters. The van der Waals surface area contributed by atoms with E-state index >= 15 is 0 Å². The van der Waals surface area contributed by atoms with Crippen molar-refractivity contribution in [3.8, 4) is 5.75 Å². The summed E-state index contributed by atoms with van der Waals surface area (Å²) in [5.74, 6) is 0.718. The summed E-state index contributed by atoms with van der Waals surface area (Å²) >= 11 is 0. The Morgan fingerprint density at radius 3 is 2.54 bits per heavy atom. The van der Waals surface area contributed by atoms with Crippen molar-refractivity contribution in [1.29, 1.82) is 0 Å². The molecule has 0 aromatic heterocycles. The molecule has 26 heavy (non-hydrogen) atoms. The maximum Gasteiger partial charge on any atom is 0.227 e. The number of nitrogens with zero attached hydrogens (tertiary/aromatic N) is 2. The third kappa shape index (κ3) is 4.55. The number of rotatable bonds is 8. The number of amides is 2. The van der Waals surface area contributed by atoms with Crippen molar-refractivity contribution in [2.24, 2.45) is 5.92 Å². The number of likely N-dealkylation sites (N-methyl/N-ethyl adjacent to an activating group) is 1. The van der Waals surface area contributed by atoms with Crippen LogP contribution < -0.4 is 4.74 Å². The van der Waals surface area contributed by atoms with Crippen LogP contribution in [0.1, 0.15) is 38.3 Å². The van der Waals surface area contributed by atoms with Gasteiger partial charge in [0, 0.05) is 33.7 Å². The molecular formula is C20H30N2O4. The summed E-state index contributed by atoms with van der Waals surface area (Å²) < 4.78 is 10.6. The average molecular weight is 362 g/mol. The first-order valence-corrected chi connectivity index (χ1v) is 9.29. The largest absolute Gasteiger partial charge is 0.494 e. The van der Waals surface area contributed by atoms with E-state index in [9.17, 15) is 9.59 Å². The Morgan fingerprint density at radius 1 is 1.27 bits per heavy atom. The van der Waals surface area contributed by atoms with Crippen molar-refractivity contribution in [3.63, 3.8) is 0 Å². The number of hydrogen-bond donors (Lipinski definition) is 0. The molecule has 0 spiro atoms. The summed E-state index contributed by atoms with van der Waals surface area (Å²) in [6, 6.07) is 7.50. The molecule has 2 atom stereocenters. The van der Waals surface area contributed by atoms with E-state index in [1.165, 1.54) is 0 Å². The van der Waals surface area contributed by atoms with Gasteiger partial charge in [0.05, 0.1) is 25.2 Å². The van der Waals surface area contributed by atoms with Gasteiger partial charge < -0.3 is 19.3 Å². The first kappa shape index (κ1) is 20.2. The second-order valence-electron chi connectivity index (χ2n) is 6.52. The molecule has 0 saturated carbocycles. The van der Waals surface area contributed by atoms with Crippen molar-refractivity contribution in [2.75, 3.05) is 40.5 Å². The third-order valence-corrected chi connectivity index (χ3v) is 4.90. The van der Waals surface area contributed by atoms with E-state index in [0.717, 1.165) is 11.3 Å². The van der Waals surface area contributed by atoms with Gasteiger partial charge in [0.15, 0.2) is 0 Å². The van der Waals surface area contributed by atoms with Gasteiger partial charge in [-0.25, -0.2) is 0 Å². The van der Waals surface area contributed by atoms with Crippen LogP contribution >= 0.6 is 0 Å². The standard InChI is InChI=1S/C20H30N2O4/c1-5-22-18(23)12-11-17(20(24)21(3)13-14-25-4)19(22)15-7-9-16(10-8-15)26-6-2/h7-10,17,19H,5-6,11-14H2,1-4H3/t17-,19+/m1/s1. The van der Waals surface area contributed by atoms with Gasteiger partial charge in [-0.05, 0) is 38.0 Å². The molecule has 0 radical (unpaired) electrons. The van der Waals surface area contributed by atoms with E-state index in [0.29, 0.717) is 39.1 Å². The fourth-order valence-electron chi connectivity index (χ4n) is 3.55. The summed E-state index contributed by atoms with van der Waals surface area (Å²) in [4.78, 5) is 29.0. The first-order chi connectivity index (χ1) is 12.5. The van der Waals surface area contributed by atoms with Gasteiger partial charge in [0.1, 0.15) is 5.75 Å². The molecule has 1 heterocycles. The average Bonchev–Trinajstić information content (AvgIpc) is 2.66. The summed E-state index contributed by atoms with van der Waals surface area (Å²) in [7, 11) is 3.42. The Hall–Kier alpha value is -2.08. The molecule has 6 nitrogen and oxygen atoms in total.